The lowest BCUT2D eigenvalue weighted by Crippen LogP contribution is -2.39. The van der Waals surface area contributed by atoms with Crippen LogP contribution < -0.4 is 0 Å². The molecule has 4 aromatic rings. The van der Waals surface area contributed by atoms with Gasteiger partial charge in [0.2, 0.25) is 0 Å². The second-order valence-electron chi connectivity index (χ2n) is 8.02. The number of aromatic nitrogens is 6. The molecule has 1 aliphatic heterocycles. The lowest BCUT2D eigenvalue weighted by Gasteiger charge is -2.34. The number of tetrazole rings is 1. The fraction of sp³-hybridized carbons (Fsp3) is 0.364. The molecule has 1 unspecified atom stereocenters. The molecule has 5 rings (SSSR count). The SMILES string of the molecule is CC(C)c1nn(Cc2ccccc2)cc1C1c2nnnn2CCN1Cc1cccs1. The van der Waals surface area contributed by atoms with E-state index in [9.17, 15) is 0 Å². The van der Waals surface area contributed by atoms with Crippen molar-refractivity contribution in [2.45, 2.75) is 45.4 Å². The summed E-state index contributed by atoms with van der Waals surface area (Å²) in [6.45, 7) is 7.75. The van der Waals surface area contributed by atoms with Crippen molar-refractivity contribution in [3.05, 3.63) is 81.6 Å². The van der Waals surface area contributed by atoms with E-state index in [1.807, 2.05) is 10.7 Å². The quantitative estimate of drug-likeness (QED) is 0.477. The molecule has 0 radical (unpaired) electrons. The van der Waals surface area contributed by atoms with Gasteiger partial charge in [-0.1, -0.05) is 50.2 Å². The van der Waals surface area contributed by atoms with Gasteiger partial charge in [-0.25, -0.2) is 4.68 Å². The molecule has 1 aromatic carbocycles. The number of hydrogen-bond donors (Lipinski definition) is 0. The van der Waals surface area contributed by atoms with Crippen molar-refractivity contribution in [1.29, 1.82) is 0 Å². The minimum atomic E-state index is -0.00206. The summed E-state index contributed by atoms with van der Waals surface area (Å²) in [6, 6.07) is 14.8. The lowest BCUT2D eigenvalue weighted by molar-refractivity contribution is 0.164. The predicted octanol–water partition coefficient (Wildman–Crippen LogP) is 3.71. The molecule has 0 aliphatic carbocycles. The summed E-state index contributed by atoms with van der Waals surface area (Å²) in [5.74, 6) is 1.21. The van der Waals surface area contributed by atoms with Crippen molar-refractivity contribution in [2.75, 3.05) is 6.54 Å². The smallest absolute Gasteiger partial charge is 0.173 e. The van der Waals surface area contributed by atoms with Crippen LogP contribution in [-0.4, -0.2) is 41.4 Å². The van der Waals surface area contributed by atoms with Gasteiger partial charge in [-0.2, -0.15) is 5.10 Å². The van der Waals surface area contributed by atoms with E-state index in [1.54, 1.807) is 11.3 Å². The summed E-state index contributed by atoms with van der Waals surface area (Å²) in [7, 11) is 0. The van der Waals surface area contributed by atoms with E-state index >= 15 is 0 Å². The molecule has 0 N–H and O–H groups in total. The van der Waals surface area contributed by atoms with Crippen molar-refractivity contribution < 1.29 is 0 Å². The number of fused-ring (bicyclic) bond motifs is 1. The van der Waals surface area contributed by atoms with E-state index in [4.69, 9.17) is 5.10 Å². The van der Waals surface area contributed by atoms with Crippen LogP contribution in [0.5, 0.6) is 0 Å². The van der Waals surface area contributed by atoms with E-state index in [0.717, 1.165) is 37.7 Å². The average Bonchev–Trinajstić information content (AvgIpc) is 3.49. The highest BCUT2D eigenvalue weighted by molar-refractivity contribution is 7.09. The highest BCUT2D eigenvalue weighted by Gasteiger charge is 2.35. The highest BCUT2D eigenvalue weighted by Crippen LogP contribution is 2.35. The van der Waals surface area contributed by atoms with Crippen LogP contribution in [0.3, 0.4) is 0 Å². The molecule has 154 valence electrons. The zero-order valence-corrected chi connectivity index (χ0v) is 18.0. The molecule has 30 heavy (non-hydrogen) atoms. The van der Waals surface area contributed by atoms with Gasteiger partial charge >= 0.3 is 0 Å². The van der Waals surface area contributed by atoms with Crippen LogP contribution >= 0.6 is 11.3 Å². The van der Waals surface area contributed by atoms with Crippen LogP contribution in [0.4, 0.5) is 0 Å². The zero-order chi connectivity index (χ0) is 20.5. The molecule has 0 bridgehead atoms. The molecule has 0 saturated heterocycles. The van der Waals surface area contributed by atoms with Gasteiger partial charge in [0.1, 0.15) is 6.04 Å². The Morgan fingerprint density at radius 2 is 1.93 bits per heavy atom. The van der Waals surface area contributed by atoms with Crippen LogP contribution in [0.2, 0.25) is 0 Å². The fourth-order valence-corrected chi connectivity index (χ4v) is 4.88. The topological polar surface area (TPSA) is 64.7 Å². The van der Waals surface area contributed by atoms with Gasteiger partial charge in [0.25, 0.3) is 0 Å². The Balaban J connectivity index is 1.55. The van der Waals surface area contributed by atoms with Gasteiger partial charge in [-0.3, -0.25) is 9.58 Å². The normalized spacial score (nSPS) is 16.8. The van der Waals surface area contributed by atoms with Crippen molar-refractivity contribution in [1.82, 2.24) is 34.9 Å². The maximum Gasteiger partial charge on any atom is 0.173 e. The molecule has 3 aromatic heterocycles. The standard InChI is InChI=1S/C22H25N7S/c1-16(2)20-19(15-28(24-20)13-17-7-4-3-5-8-17)21-22-23-25-26-29(22)11-10-27(21)14-18-9-6-12-30-18/h3-9,12,15-16,21H,10-11,13-14H2,1-2H3. The number of rotatable bonds is 6. The first-order valence-corrected chi connectivity index (χ1v) is 11.2. The summed E-state index contributed by atoms with van der Waals surface area (Å²) in [5.41, 5.74) is 3.56. The largest absolute Gasteiger partial charge is 0.283 e. The highest BCUT2D eigenvalue weighted by atomic mass is 32.1. The number of benzene rings is 1. The first kappa shape index (κ1) is 19.1. The molecule has 0 spiro atoms. The first-order valence-electron chi connectivity index (χ1n) is 10.3. The Hall–Kier alpha value is -2.84. The zero-order valence-electron chi connectivity index (χ0n) is 17.2. The summed E-state index contributed by atoms with van der Waals surface area (Å²) in [5, 5.41) is 19.7. The summed E-state index contributed by atoms with van der Waals surface area (Å²) < 4.78 is 4.00. The van der Waals surface area contributed by atoms with Crippen molar-refractivity contribution in [3.63, 3.8) is 0 Å². The van der Waals surface area contributed by atoms with Crippen molar-refractivity contribution in [2.24, 2.45) is 0 Å². The number of thiophene rings is 1. The second kappa shape index (κ2) is 8.12. The maximum absolute atomic E-state index is 4.98. The fourth-order valence-electron chi connectivity index (χ4n) is 4.15. The minimum absolute atomic E-state index is 0.00206. The summed E-state index contributed by atoms with van der Waals surface area (Å²) in [6.07, 6.45) is 2.19. The number of nitrogens with zero attached hydrogens (tertiary/aromatic N) is 7. The predicted molar refractivity (Wildman–Crippen MR) is 116 cm³/mol. The van der Waals surface area contributed by atoms with E-state index in [1.165, 1.54) is 16.0 Å². The molecule has 0 saturated carbocycles. The molecular weight excluding hydrogens is 394 g/mol. The van der Waals surface area contributed by atoms with Crippen LogP contribution in [0.15, 0.2) is 54.0 Å². The summed E-state index contributed by atoms with van der Waals surface area (Å²) >= 11 is 1.79. The maximum atomic E-state index is 4.98. The molecule has 4 heterocycles. The third-order valence-electron chi connectivity index (χ3n) is 5.56. The number of hydrogen-bond acceptors (Lipinski definition) is 6. The Labute approximate surface area is 180 Å². The van der Waals surface area contributed by atoms with Gasteiger partial charge in [-0.15, -0.1) is 16.4 Å². The summed E-state index contributed by atoms with van der Waals surface area (Å²) in [4.78, 5) is 3.83. The van der Waals surface area contributed by atoms with Gasteiger partial charge in [-0.05, 0) is 33.4 Å². The van der Waals surface area contributed by atoms with Crippen LogP contribution in [0.25, 0.3) is 0 Å². The Morgan fingerprint density at radius 3 is 2.70 bits per heavy atom. The van der Waals surface area contributed by atoms with E-state index < -0.39 is 0 Å². The second-order valence-corrected chi connectivity index (χ2v) is 9.05. The lowest BCUT2D eigenvalue weighted by atomic mass is 9.97. The van der Waals surface area contributed by atoms with Gasteiger partial charge in [0.15, 0.2) is 5.82 Å². The van der Waals surface area contributed by atoms with Gasteiger partial charge in [0, 0.05) is 29.7 Å². The van der Waals surface area contributed by atoms with Crippen molar-refractivity contribution >= 4 is 11.3 Å². The minimum Gasteiger partial charge on any atom is -0.283 e. The monoisotopic (exact) mass is 419 g/mol. The Bertz CT molecular complexity index is 1100. The molecule has 1 atom stereocenters. The van der Waals surface area contributed by atoms with Gasteiger partial charge < -0.3 is 0 Å². The Morgan fingerprint density at radius 1 is 1.07 bits per heavy atom. The molecular formula is C22H25N7S. The Kier molecular flexibility index (Phi) is 5.18. The molecule has 0 amide bonds. The third kappa shape index (κ3) is 3.68. The first-order chi connectivity index (χ1) is 14.7. The molecule has 7 nitrogen and oxygen atoms in total. The molecule has 0 fully saturated rings. The van der Waals surface area contributed by atoms with E-state index in [-0.39, 0.29) is 6.04 Å². The third-order valence-corrected chi connectivity index (χ3v) is 6.42. The van der Waals surface area contributed by atoms with Crippen molar-refractivity contribution in [3.8, 4) is 0 Å². The van der Waals surface area contributed by atoms with Crippen LogP contribution in [-0.2, 0) is 19.6 Å². The molecule has 8 heteroatoms. The molecule has 1 aliphatic rings. The van der Waals surface area contributed by atoms with Crippen LogP contribution in [0, 0.1) is 0 Å². The van der Waals surface area contributed by atoms with E-state index in [0.29, 0.717) is 5.92 Å². The van der Waals surface area contributed by atoms with Gasteiger partial charge in [0.05, 0.1) is 18.8 Å². The average molecular weight is 420 g/mol. The van der Waals surface area contributed by atoms with Crippen LogP contribution in [0.1, 0.15) is 53.3 Å². The van der Waals surface area contributed by atoms with E-state index in [2.05, 4.69) is 86.9 Å².